The van der Waals surface area contributed by atoms with Crippen LogP contribution in [0.1, 0.15) is 16.7 Å². The van der Waals surface area contributed by atoms with Gasteiger partial charge in [-0.1, -0.05) is 12.1 Å². The van der Waals surface area contributed by atoms with Gasteiger partial charge in [0.2, 0.25) is 0 Å². The summed E-state index contributed by atoms with van der Waals surface area (Å²) in [5.74, 6) is -0.433. The Labute approximate surface area is 138 Å². The molecule has 0 aliphatic rings. The lowest BCUT2D eigenvalue weighted by atomic mass is 10.1. The SMILES string of the molecule is Cc1cccc(NC(=O)N/N=C/c2ccc(O)c([N+](=O)[O-])c2)c1C. The van der Waals surface area contributed by atoms with Crippen LogP contribution < -0.4 is 10.7 Å². The maximum atomic E-state index is 11.8. The molecule has 0 aliphatic heterocycles. The first-order valence-corrected chi connectivity index (χ1v) is 7.02. The molecule has 8 nitrogen and oxygen atoms in total. The van der Waals surface area contributed by atoms with E-state index < -0.39 is 22.4 Å². The average molecular weight is 328 g/mol. The average Bonchev–Trinajstić information content (AvgIpc) is 2.53. The smallest absolute Gasteiger partial charge is 0.339 e. The summed E-state index contributed by atoms with van der Waals surface area (Å²) in [5.41, 5.74) is 4.88. The summed E-state index contributed by atoms with van der Waals surface area (Å²) in [6.45, 7) is 3.83. The summed E-state index contributed by atoms with van der Waals surface area (Å²) < 4.78 is 0. The molecule has 124 valence electrons. The Hall–Kier alpha value is -3.42. The topological polar surface area (TPSA) is 117 Å². The number of rotatable bonds is 4. The van der Waals surface area contributed by atoms with Gasteiger partial charge in [0.25, 0.3) is 0 Å². The van der Waals surface area contributed by atoms with E-state index in [-0.39, 0.29) is 0 Å². The Morgan fingerprint density at radius 1 is 1.29 bits per heavy atom. The number of carbonyl (C=O) groups excluding carboxylic acids is 1. The number of phenolic OH excluding ortho intramolecular Hbond substituents is 1. The first kappa shape index (κ1) is 16.9. The molecule has 2 amide bonds. The second kappa shape index (κ2) is 7.23. The van der Waals surface area contributed by atoms with E-state index in [4.69, 9.17) is 0 Å². The number of nitrogens with zero attached hydrogens (tertiary/aromatic N) is 2. The third kappa shape index (κ3) is 4.07. The van der Waals surface area contributed by atoms with E-state index >= 15 is 0 Å². The molecule has 0 unspecified atom stereocenters. The number of hydrogen-bond donors (Lipinski definition) is 3. The van der Waals surface area contributed by atoms with Crippen molar-refractivity contribution in [1.29, 1.82) is 0 Å². The maximum Gasteiger partial charge on any atom is 0.339 e. The maximum absolute atomic E-state index is 11.8. The molecule has 0 saturated carbocycles. The number of aromatic hydroxyl groups is 1. The van der Waals surface area contributed by atoms with E-state index in [1.165, 1.54) is 18.3 Å². The summed E-state index contributed by atoms with van der Waals surface area (Å²) >= 11 is 0. The standard InChI is InChI=1S/C16H16N4O4/c1-10-4-3-5-13(11(10)2)18-16(22)19-17-9-12-6-7-15(21)14(8-12)20(23)24/h3-9,21H,1-2H3,(H2,18,19,22)/b17-9+. The largest absolute Gasteiger partial charge is 0.502 e. The summed E-state index contributed by atoms with van der Waals surface area (Å²) in [4.78, 5) is 21.9. The van der Waals surface area contributed by atoms with Crippen LogP contribution in [0.25, 0.3) is 0 Å². The molecule has 0 radical (unpaired) electrons. The number of nitro groups is 1. The van der Waals surface area contributed by atoms with Gasteiger partial charge in [-0.3, -0.25) is 10.1 Å². The van der Waals surface area contributed by atoms with Gasteiger partial charge in [-0.2, -0.15) is 5.10 Å². The van der Waals surface area contributed by atoms with Gasteiger partial charge >= 0.3 is 11.7 Å². The highest BCUT2D eigenvalue weighted by molar-refractivity contribution is 5.91. The van der Waals surface area contributed by atoms with Gasteiger partial charge in [0.1, 0.15) is 0 Å². The zero-order chi connectivity index (χ0) is 17.7. The highest BCUT2D eigenvalue weighted by atomic mass is 16.6. The van der Waals surface area contributed by atoms with Crippen molar-refractivity contribution in [3.05, 3.63) is 63.2 Å². The van der Waals surface area contributed by atoms with Crippen molar-refractivity contribution in [1.82, 2.24) is 5.43 Å². The van der Waals surface area contributed by atoms with Crippen LogP contribution in [0.4, 0.5) is 16.2 Å². The van der Waals surface area contributed by atoms with Crippen LogP contribution in [0.2, 0.25) is 0 Å². The molecule has 0 aliphatic carbocycles. The first-order valence-electron chi connectivity index (χ1n) is 7.02. The fourth-order valence-corrected chi connectivity index (χ4v) is 1.97. The van der Waals surface area contributed by atoms with E-state index in [1.54, 1.807) is 6.07 Å². The molecule has 24 heavy (non-hydrogen) atoms. The van der Waals surface area contributed by atoms with Gasteiger partial charge in [0, 0.05) is 17.3 Å². The lowest BCUT2D eigenvalue weighted by Crippen LogP contribution is -2.24. The number of amides is 2. The Kier molecular flexibility index (Phi) is 5.10. The van der Waals surface area contributed by atoms with Crippen molar-refractivity contribution in [2.24, 2.45) is 5.10 Å². The number of nitrogens with one attached hydrogen (secondary N) is 2. The fourth-order valence-electron chi connectivity index (χ4n) is 1.97. The zero-order valence-corrected chi connectivity index (χ0v) is 13.1. The highest BCUT2D eigenvalue weighted by Crippen LogP contribution is 2.25. The fraction of sp³-hybridized carbons (Fsp3) is 0.125. The molecule has 0 aromatic heterocycles. The van der Waals surface area contributed by atoms with Crippen LogP contribution in [0.15, 0.2) is 41.5 Å². The van der Waals surface area contributed by atoms with E-state index in [2.05, 4.69) is 15.8 Å². The second-order valence-electron chi connectivity index (χ2n) is 5.08. The molecule has 0 fully saturated rings. The van der Waals surface area contributed by atoms with Gasteiger partial charge in [0.15, 0.2) is 5.75 Å². The van der Waals surface area contributed by atoms with Crippen molar-refractivity contribution < 1.29 is 14.8 Å². The Bertz CT molecular complexity index is 818. The van der Waals surface area contributed by atoms with Crippen LogP contribution in [-0.2, 0) is 0 Å². The molecular formula is C16H16N4O4. The van der Waals surface area contributed by atoms with Gasteiger partial charge < -0.3 is 10.4 Å². The van der Waals surface area contributed by atoms with E-state index in [9.17, 15) is 20.0 Å². The van der Waals surface area contributed by atoms with Crippen molar-refractivity contribution in [3.8, 4) is 5.75 Å². The van der Waals surface area contributed by atoms with Crippen LogP contribution >= 0.6 is 0 Å². The molecule has 0 atom stereocenters. The van der Waals surface area contributed by atoms with Crippen LogP contribution in [0, 0.1) is 24.0 Å². The monoisotopic (exact) mass is 328 g/mol. The Morgan fingerprint density at radius 3 is 2.75 bits per heavy atom. The molecule has 2 rings (SSSR count). The number of carbonyl (C=O) groups is 1. The molecule has 2 aromatic carbocycles. The predicted octanol–water partition coefficient (Wildman–Crippen LogP) is 3.07. The lowest BCUT2D eigenvalue weighted by molar-refractivity contribution is -0.385. The number of phenols is 1. The van der Waals surface area contributed by atoms with Crippen LogP contribution in [0.3, 0.4) is 0 Å². The second-order valence-corrected chi connectivity index (χ2v) is 5.08. The highest BCUT2D eigenvalue weighted by Gasteiger charge is 2.12. The van der Waals surface area contributed by atoms with Crippen molar-refractivity contribution in [2.75, 3.05) is 5.32 Å². The number of aryl methyl sites for hydroxylation is 1. The van der Waals surface area contributed by atoms with Crippen molar-refractivity contribution >= 4 is 23.6 Å². The Morgan fingerprint density at radius 2 is 2.04 bits per heavy atom. The number of urea groups is 1. The summed E-state index contributed by atoms with van der Waals surface area (Å²) in [5, 5.41) is 26.5. The van der Waals surface area contributed by atoms with E-state index in [0.29, 0.717) is 11.3 Å². The lowest BCUT2D eigenvalue weighted by Gasteiger charge is -2.09. The van der Waals surface area contributed by atoms with Crippen molar-refractivity contribution in [3.63, 3.8) is 0 Å². The quantitative estimate of drug-likeness (QED) is 0.454. The Balaban J connectivity index is 2.01. The number of hydrazone groups is 1. The third-order valence-electron chi connectivity index (χ3n) is 3.43. The number of anilines is 1. The van der Waals surface area contributed by atoms with E-state index in [1.807, 2.05) is 26.0 Å². The number of hydrogen-bond acceptors (Lipinski definition) is 5. The molecule has 8 heteroatoms. The minimum atomic E-state index is -0.701. The van der Waals surface area contributed by atoms with Crippen LogP contribution in [0.5, 0.6) is 5.75 Å². The van der Waals surface area contributed by atoms with Gasteiger partial charge in [-0.25, -0.2) is 10.2 Å². The summed E-state index contributed by atoms with van der Waals surface area (Å²) in [7, 11) is 0. The number of benzene rings is 2. The minimum absolute atomic E-state index is 0.367. The molecule has 0 bridgehead atoms. The summed E-state index contributed by atoms with van der Waals surface area (Å²) in [6.07, 6.45) is 1.25. The molecule has 0 heterocycles. The summed E-state index contributed by atoms with van der Waals surface area (Å²) in [6, 6.07) is 8.79. The molecule has 3 N–H and O–H groups in total. The molecule has 2 aromatic rings. The van der Waals surface area contributed by atoms with Gasteiger partial charge in [-0.05, 0) is 43.2 Å². The van der Waals surface area contributed by atoms with Gasteiger partial charge in [0.05, 0.1) is 11.1 Å². The van der Waals surface area contributed by atoms with Crippen molar-refractivity contribution in [2.45, 2.75) is 13.8 Å². The van der Waals surface area contributed by atoms with Crippen LogP contribution in [-0.4, -0.2) is 22.3 Å². The zero-order valence-electron chi connectivity index (χ0n) is 13.1. The first-order chi connectivity index (χ1) is 11.4. The molecule has 0 spiro atoms. The minimum Gasteiger partial charge on any atom is -0.502 e. The molecular weight excluding hydrogens is 312 g/mol. The predicted molar refractivity (Wildman–Crippen MR) is 90.4 cm³/mol. The van der Waals surface area contributed by atoms with Gasteiger partial charge in [-0.15, -0.1) is 0 Å². The van der Waals surface area contributed by atoms with E-state index in [0.717, 1.165) is 17.2 Å². The third-order valence-corrected chi connectivity index (χ3v) is 3.43. The molecule has 0 saturated heterocycles. The number of nitro benzene ring substituents is 1. The normalized spacial score (nSPS) is 10.6.